The minimum Gasteiger partial charge on any atom is -0.385 e. The van der Waals surface area contributed by atoms with Crippen molar-refractivity contribution in [3.05, 3.63) is 35.5 Å². The van der Waals surface area contributed by atoms with Gasteiger partial charge in [-0.1, -0.05) is 11.3 Å². The van der Waals surface area contributed by atoms with Crippen molar-refractivity contribution in [2.75, 3.05) is 63.6 Å². The number of methoxy groups -OCH3 is 3. The first kappa shape index (κ1) is 33.3. The first-order chi connectivity index (χ1) is 21.8. The number of nitriles is 1. The van der Waals surface area contributed by atoms with Gasteiger partial charge in [-0.15, -0.1) is 15.3 Å². The van der Waals surface area contributed by atoms with Gasteiger partial charge in [-0.3, -0.25) is 4.79 Å². The summed E-state index contributed by atoms with van der Waals surface area (Å²) in [6, 6.07) is 7.26. The maximum Gasteiger partial charge on any atom is 0.227 e. The molecule has 3 heterocycles. The van der Waals surface area contributed by atoms with Crippen LogP contribution in [0.4, 0.5) is 29.1 Å². The summed E-state index contributed by atoms with van der Waals surface area (Å²) in [5.41, 5.74) is 1.84. The fourth-order valence-corrected chi connectivity index (χ4v) is 5.17. The van der Waals surface area contributed by atoms with E-state index in [1.807, 2.05) is 13.8 Å². The minimum absolute atomic E-state index is 0.0317. The highest BCUT2D eigenvalue weighted by Gasteiger charge is 2.19. The number of hydrogen-bond acceptors (Lipinski definition) is 15. The van der Waals surface area contributed by atoms with E-state index in [9.17, 15) is 10.1 Å². The summed E-state index contributed by atoms with van der Waals surface area (Å²) in [5.74, 6) is 1.26. The Bertz CT molecular complexity index is 1680. The van der Waals surface area contributed by atoms with Gasteiger partial charge >= 0.3 is 0 Å². The van der Waals surface area contributed by atoms with Gasteiger partial charge in [-0.05, 0) is 45.4 Å². The molecule has 0 saturated carbocycles. The lowest BCUT2D eigenvalue weighted by molar-refractivity contribution is 0.101. The number of nitrogens with zero attached hydrogens (tertiary/aromatic N) is 8. The van der Waals surface area contributed by atoms with Crippen LogP contribution in [0.15, 0.2) is 34.6 Å². The van der Waals surface area contributed by atoms with Crippen LogP contribution in [0.2, 0.25) is 0 Å². The molecule has 2 atom stereocenters. The first-order valence-electron chi connectivity index (χ1n) is 14.2. The average Bonchev–Trinajstić information content (AvgIpc) is 3.62. The number of nitrogens with one attached hydrogen (secondary N) is 3. The van der Waals surface area contributed by atoms with Gasteiger partial charge in [-0.2, -0.15) is 15.2 Å². The summed E-state index contributed by atoms with van der Waals surface area (Å²) in [7, 11) is 4.89. The molecule has 238 valence electrons. The van der Waals surface area contributed by atoms with Crippen molar-refractivity contribution < 1.29 is 19.0 Å². The summed E-state index contributed by atoms with van der Waals surface area (Å²) < 4.78 is 18.1. The van der Waals surface area contributed by atoms with Gasteiger partial charge in [-0.25, -0.2) is 9.67 Å². The number of aromatic nitrogens is 5. The van der Waals surface area contributed by atoms with Gasteiger partial charge in [0.05, 0.1) is 29.6 Å². The van der Waals surface area contributed by atoms with E-state index in [0.717, 1.165) is 11.1 Å². The predicted molar refractivity (Wildman–Crippen MR) is 173 cm³/mol. The molecule has 15 nitrogen and oxygen atoms in total. The van der Waals surface area contributed by atoms with Crippen LogP contribution in [0.1, 0.15) is 43.1 Å². The van der Waals surface area contributed by atoms with Gasteiger partial charge in [0, 0.05) is 52.1 Å². The van der Waals surface area contributed by atoms with Crippen LogP contribution in [0.5, 0.6) is 0 Å². The molecule has 3 N–H and O–H groups in total. The number of ketones is 1. The molecular formula is C29H37N11O4S. The lowest BCUT2D eigenvalue weighted by Crippen LogP contribution is -2.25. The molecule has 0 saturated heterocycles. The van der Waals surface area contributed by atoms with E-state index in [-0.39, 0.29) is 29.2 Å². The maximum atomic E-state index is 11.8. The fourth-order valence-electron chi connectivity index (χ4n) is 4.24. The Labute approximate surface area is 265 Å². The zero-order valence-electron chi connectivity index (χ0n) is 26.1. The number of carbonyl (C=O) groups is 1. The molecule has 4 rings (SSSR count). The Morgan fingerprint density at radius 3 is 2.47 bits per heavy atom. The van der Waals surface area contributed by atoms with E-state index in [2.05, 4.69) is 52.3 Å². The van der Waals surface area contributed by atoms with Crippen LogP contribution in [0, 0.1) is 11.3 Å². The number of thiazole rings is 1. The Balaban J connectivity index is 1.74. The SMILES string of the molecule is COCCCNc1nc(NC(C)COC)nc(NC(C)COC)c1N=Nc1nn(-c2nc3ccc(C(C)=O)cc3s2)cc1C#N. The van der Waals surface area contributed by atoms with Gasteiger partial charge in [0.25, 0.3) is 0 Å². The number of fused-ring (bicyclic) bond motifs is 1. The number of hydrogen-bond donors (Lipinski definition) is 3. The van der Waals surface area contributed by atoms with E-state index in [4.69, 9.17) is 14.2 Å². The van der Waals surface area contributed by atoms with Crippen molar-refractivity contribution in [2.45, 2.75) is 39.3 Å². The third-order valence-corrected chi connectivity index (χ3v) is 7.34. The summed E-state index contributed by atoms with van der Waals surface area (Å²) in [4.78, 5) is 25.8. The van der Waals surface area contributed by atoms with E-state index in [1.54, 1.807) is 45.7 Å². The quantitative estimate of drug-likeness (QED) is 0.0792. The van der Waals surface area contributed by atoms with Crippen LogP contribution in [0.25, 0.3) is 15.3 Å². The van der Waals surface area contributed by atoms with Gasteiger partial charge in [0.1, 0.15) is 11.6 Å². The molecule has 1 aromatic carbocycles. The molecule has 0 aliphatic rings. The molecule has 0 bridgehead atoms. The van der Waals surface area contributed by atoms with Crippen molar-refractivity contribution in [3.8, 4) is 11.2 Å². The second kappa shape index (κ2) is 16.0. The van der Waals surface area contributed by atoms with Gasteiger partial charge < -0.3 is 30.2 Å². The number of Topliss-reactive ketones (excluding diaryl/α,β-unsaturated/α-hetero) is 1. The molecule has 0 aliphatic carbocycles. The van der Waals surface area contributed by atoms with Crippen molar-refractivity contribution in [2.24, 2.45) is 10.2 Å². The molecule has 0 spiro atoms. The Hall–Kier alpha value is -4.56. The zero-order valence-corrected chi connectivity index (χ0v) is 26.9. The normalized spacial score (nSPS) is 12.7. The van der Waals surface area contributed by atoms with E-state index in [1.165, 1.54) is 22.9 Å². The summed E-state index contributed by atoms with van der Waals surface area (Å²) in [5, 5.41) is 33.7. The molecule has 2 unspecified atom stereocenters. The molecule has 16 heteroatoms. The molecule has 0 aliphatic heterocycles. The first-order valence-corrected chi connectivity index (χ1v) is 15.1. The molecule has 3 aromatic heterocycles. The van der Waals surface area contributed by atoms with Gasteiger partial charge in [0.2, 0.25) is 16.9 Å². The monoisotopic (exact) mass is 635 g/mol. The van der Waals surface area contributed by atoms with Crippen LogP contribution in [-0.4, -0.2) is 90.3 Å². The predicted octanol–water partition coefficient (Wildman–Crippen LogP) is 5.10. The zero-order chi connectivity index (χ0) is 32.3. The number of benzene rings is 1. The Morgan fingerprint density at radius 1 is 1.04 bits per heavy atom. The van der Waals surface area contributed by atoms with Crippen LogP contribution < -0.4 is 16.0 Å². The van der Waals surface area contributed by atoms with Crippen molar-refractivity contribution in [1.29, 1.82) is 5.26 Å². The molecular weight excluding hydrogens is 598 g/mol. The van der Waals surface area contributed by atoms with Crippen LogP contribution >= 0.6 is 11.3 Å². The minimum atomic E-state index is -0.124. The number of rotatable bonds is 17. The maximum absolute atomic E-state index is 11.8. The fraction of sp³-hybridized carbons (Fsp3) is 0.448. The smallest absolute Gasteiger partial charge is 0.227 e. The number of ether oxygens (including phenoxy) is 3. The van der Waals surface area contributed by atoms with Crippen molar-refractivity contribution in [1.82, 2.24) is 24.7 Å². The van der Waals surface area contributed by atoms with Crippen molar-refractivity contribution >= 4 is 56.4 Å². The van der Waals surface area contributed by atoms with Crippen LogP contribution in [0.3, 0.4) is 0 Å². The number of carbonyl (C=O) groups excluding carboxylic acids is 1. The van der Waals surface area contributed by atoms with Crippen LogP contribution in [-0.2, 0) is 14.2 Å². The third kappa shape index (κ3) is 8.76. The molecule has 0 fully saturated rings. The van der Waals surface area contributed by atoms with E-state index >= 15 is 0 Å². The number of azo groups is 1. The lowest BCUT2D eigenvalue weighted by atomic mass is 10.1. The molecule has 0 amide bonds. The average molecular weight is 636 g/mol. The Morgan fingerprint density at radius 2 is 1.78 bits per heavy atom. The highest BCUT2D eigenvalue weighted by atomic mass is 32.1. The lowest BCUT2D eigenvalue weighted by Gasteiger charge is -2.19. The summed E-state index contributed by atoms with van der Waals surface area (Å²) in [6.45, 7) is 7.41. The standard InChI is InChI=1S/C29H37N11O4S/c1-17(15-43-5)32-27-24(26(31-10-7-11-42-4)35-28(36-27)33-18(2)16-44-6)37-38-25-21(13-30)14-40(39-25)29-34-22-9-8-20(19(3)41)12-23(22)45-29/h8-9,12,14,17-18H,7,10-11,15-16H2,1-6H3,(H3,31,32,33,35,36). The van der Waals surface area contributed by atoms with E-state index in [0.29, 0.717) is 65.8 Å². The number of anilines is 3. The molecule has 4 aromatic rings. The second-order valence-electron chi connectivity index (χ2n) is 10.2. The second-order valence-corrected chi connectivity index (χ2v) is 11.2. The summed E-state index contributed by atoms with van der Waals surface area (Å²) in [6.07, 6.45) is 2.27. The molecule has 45 heavy (non-hydrogen) atoms. The molecule has 0 radical (unpaired) electrons. The van der Waals surface area contributed by atoms with Crippen molar-refractivity contribution in [3.63, 3.8) is 0 Å². The van der Waals surface area contributed by atoms with Gasteiger partial charge in [0.15, 0.2) is 23.1 Å². The highest BCUT2D eigenvalue weighted by molar-refractivity contribution is 7.20. The topological polar surface area (TPSA) is 186 Å². The van der Waals surface area contributed by atoms with E-state index < -0.39 is 0 Å². The third-order valence-electron chi connectivity index (χ3n) is 6.33. The largest absolute Gasteiger partial charge is 0.385 e. The highest BCUT2D eigenvalue weighted by Crippen LogP contribution is 2.35. The summed E-state index contributed by atoms with van der Waals surface area (Å²) >= 11 is 1.35. The Kier molecular flexibility index (Phi) is 11.8.